The van der Waals surface area contributed by atoms with Gasteiger partial charge >= 0.3 is 12.0 Å². The maximum absolute atomic E-state index is 5.17. The highest BCUT2D eigenvalue weighted by Gasteiger charge is 2.27. The molecular formula is C17H26N8O2. The van der Waals surface area contributed by atoms with Crippen LogP contribution in [0.3, 0.4) is 0 Å². The van der Waals surface area contributed by atoms with E-state index in [-0.39, 0.29) is 18.1 Å². The van der Waals surface area contributed by atoms with Crippen molar-refractivity contribution in [3.8, 4) is 12.0 Å². The highest BCUT2D eigenvalue weighted by atomic mass is 16.5. The molecule has 10 nitrogen and oxygen atoms in total. The van der Waals surface area contributed by atoms with Crippen molar-refractivity contribution < 1.29 is 9.47 Å². The van der Waals surface area contributed by atoms with Crippen LogP contribution in [0.5, 0.6) is 12.0 Å². The molecule has 2 aromatic rings. The molecule has 0 aliphatic carbocycles. The summed E-state index contributed by atoms with van der Waals surface area (Å²) in [6.45, 7) is 1.64. The number of nitrogens with zero attached hydrogens (tertiary/aromatic N) is 8. The van der Waals surface area contributed by atoms with Gasteiger partial charge in [-0.05, 0) is 18.9 Å². The molecule has 1 aliphatic rings. The van der Waals surface area contributed by atoms with Gasteiger partial charge in [0.05, 0.1) is 14.2 Å². The van der Waals surface area contributed by atoms with Crippen LogP contribution < -0.4 is 24.2 Å². The molecule has 0 aromatic carbocycles. The van der Waals surface area contributed by atoms with Crippen molar-refractivity contribution in [1.29, 1.82) is 0 Å². The predicted molar refractivity (Wildman–Crippen MR) is 103 cm³/mol. The molecule has 0 spiro atoms. The minimum Gasteiger partial charge on any atom is -0.467 e. The summed E-state index contributed by atoms with van der Waals surface area (Å²) in [4.78, 5) is 28.0. The van der Waals surface area contributed by atoms with Gasteiger partial charge in [-0.1, -0.05) is 0 Å². The molecule has 1 aliphatic heterocycles. The fourth-order valence-electron chi connectivity index (χ4n) is 3.04. The fourth-order valence-corrected chi connectivity index (χ4v) is 3.04. The SMILES string of the molecule is COc1nc(OC)nc(N2CCCC(N(C)c3ccnc(N(C)C)n3)C2)n1. The zero-order valence-corrected chi connectivity index (χ0v) is 16.5. The summed E-state index contributed by atoms with van der Waals surface area (Å²) < 4.78 is 10.3. The molecule has 2 aromatic heterocycles. The van der Waals surface area contributed by atoms with Crippen LogP contribution in [0.2, 0.25) is 0 Å². The van der Waals surface area contributed by atoms with E-state index in [1.54, 1.807) is 6.20 Å². The molecule has 3 heterocycles. The fraction of sp³-hybridized carbons (Fsp3) is 0.588. The first-order valence-corrected chi connectivity index (χ1v) is 8.84. The van der Waals surface area contributed by atoms with E-state index in [2.05, 4.69) is 41.8 Å². The van der Waals surface area contributed by atoms with Crippen molar-refractivity contribution in [3.63, 3.8) is 0 Å². The first-order valence-electron chi connectivity index (χ1n) is 8.84. The smallest absolute Gasteiger partial charge is 0.324 e. The van der Waals surface area contributed by atoms with Gasteiger partial charge < -0.3 is 24.2 Å². The summed E-state index contributed by atoms with van der Waals surface area (Å²) in [7, 11) is 8.99. The summed E-state index contributed by atoms with van der Waals surface area (Å²) in [6.07, 6.45) is 3.88. The van der Waals surface area contributed by atoms with Crippen LogP contribution in [-0.4, -0.2) is 79.4 Å². The molecular weight excluding hydrogens is 348 g/mol. The lowest BCUT2D eigenvalue weighted by molar-refractivity contribution is 0.338. The largest absolute Gasteiger partial charge is 0.467 e. The van der Waals surface area contributed by atoms with Gasteiger partial charge in [-0.3, -0.25) is 0 Å². The zero-order valence-electron chi connectivity index (χ0n) is 16.5. The lowest BCUT2D eigenvalue weighted by Crippen LogP contribution is -2.47. The number of hydrogen-bond acceptors (Lipinski definition) is 10. The first kappa shape index (κ1) is 18.9. The van der Waals surface area contributed by atoms with E-state index < -0.39 is 0 Å². The maximum Gasteiger partial charge on any atom is 0.324 e. The highest BCUT2D eigenvalue weighted by molar-refractivity contribution is 5.44. The molecule has 1 fully saturated rings. The second-order valence-electron chi connectivity index (χ2n) is 6.57. The van der Waals surface area contributed by atoms with E-state index in [0.29, 0.717) is 11.9 Å². The summed E-state index contributed by atoms with van der Waals surface area (Å²) >= 11 is 0. The molecule has 1 atom stereocenters. The van der Waals surface area contributed by atoms with Gasteiger partial charge in [0.25, 0.3) is 0 Å². The second-order valence-corrected chi connectivity index (χ2v) is 6.57. The van der Waals surface area contributed by atoms with Crippen LogP contribution in [0, 0.1) is 0 Å². The van der Waals surface area contributed by atoms with Gasteiger partial charge in [0.1, 0.15) is 5.82 Å². The lowest BCUT2D eigenvalue weighted by atomic mass is 10.0. The molecule has 27 heavy (non-hydrogen) atoms. The number of anilines is 3. The van der Waals surface area contributed by atoms with Crippen LogP contribution in [0.25, 0.3) is 0 Å². The molecule has 0 N–H and O–H groups in total. The van der Waals surface area contributed by atoms with Crippen molar-refractivity contribution in [2.24, 2.45) is 0 Å². The second kappa shape index (κ2) is 8.19. The summed E-state index contributed by atoms with van der Waals surface area (Å²) in [5, 5.41) is 0. The van der Waals surface area contributed by atoms with Crippen LogP contribution in [-0.2, 0) is 0 Å². The number of likely N-dealkylation sites (N-methyl/N-ethyl adjacent to an activating group) is 1. The average Bonchev–Trinajstić information content (AvgIpc) is 2.72. The quantitative estimate of drug-likeness (QED) is 0.724. The Balaban J connectivity index is 1.79. The van der Waals surface area contributed by atoms with E-state index >= 15 is 0 Å². The van der Waals surface area contributed by atoms with Crippen molar-refractivity contribution >= 4 is 17.7 Å². The predicted octanol–water partition coefficient (Wildman–Crippen LogP) is 0.850. The van der Waals surface area contributed by atoms with Gasteiger partial charge in [0.2, 0.25) is 11.9 Å². The Bertz CT molecular complexity index is 750. The van der Waals surface area contributed by atoms with Crippen molar-refractivity contribution in [1.82, 2.24) is 24.9 Å². The van der Waals surface area contributed by atoms with Crippen LogP contribution in [0.15, 0.2) is 12.3 Å². The Hall–Kier alpha value is -2.91. The van der Waals surface area contributed by atoms with Gasteiger partial charge in [0, 0.05) is 46.5 Å². The molecule has 3 rings (SSSR count). The molecule has 146 valence electrons. The van der Waals surface area contributed by atoms with Crippen molar-refractivity contribution in [2.75, 3.05) is 63.2 Å². The number of hydrogen-bond donors (Lipinski definition) is 0. The Morgan fingerprint density at radius 3 is 2.37 bits per heavy atom. The van der Waals surface area contributed by atoms with Crippen molar-refractivity contribution in [3.05, 3.63) is 12.3 Å². The molecule has 0 amide bonds. The van der Waals surface area contributed by atoms with Crippen LogP contribution >= 0.6 is 0 Å². The van der Waals surface area contributed by atoms with E-state index in [0.717, 1.165) is 31.7 Å². The third-order valence-corrected chi connectivity index (χ3v) is 4.56. The number of aromatic nitrogens is 5. The molecule has 0 saturated carbocycles. The Morgan fingerprint density at radius 1 is 1.04 bits per heavy atom. The van der Waals surface area contributed by atoms with E-state index in [4.69, 9.17) is 9.47 Å². The normalized spacial score (nSPS) is 16.8. The standard InChI is InChI=1S/C17H26N8O2/c1-23(2)14-18-9-8-13(19-14)24(3)12-7-6-10-25(11-12)15-20-16(26-4)22-17(21-15)27-5/h8-9,12H,6-7,10-11H2,1-5H3. The minimum atomic E-state index is 0.249. The lowest BCUT2D eigenvalue weighted by Gasteiger charge is -2.38. The average molecular weight is 374 g/mol. The summed E-state index contributed by atoms with van der Waals surface area (Å²) in [6, 6.07) is 2.70. The van der Waals surface area contributed by atoms with Crippen LogP contribution in [0.4, 0.5) is 17.7 Å². The number of piperidine rings is 1. The summed E-state index contributed by atoms with van der Waals surface area (Å²) in [5.41, 5.74) is 0. The minimum absolute atomic E-state index is 0.249. The van der Waals surface area contributed by atoms with Gasteiger partial charge in [-0.25, -0.2) is 4.98 Å². The summed E-state index contributed by atoms with van der Waals surface area (Å²) in [5.74, 6) is 2.15. The zero-order chi connectivity index (χ0) is 19.4. The van der Waals surface area contributed by atoms with Crippen molar-refractivity contribution in [2.45, 2.75) is 18.9 Å². The van der Waals surface area contributed by atoms with Crippen LogP contribution in [0.1, 0.15) is 12.8 Å². The topological polar surface area (TPSA) is 92.6 Å². The Morgan fingerprint density at radius 2 is 1.74 bits per heavy atom. The number of methoxy groups -OCH3 is 2. The highest BCUT2D eigenvalue weighted by Crippen LogP contribution is 2.24. The van der Waals surface area contributed by atoms with Gasteiger partial charge in [-0.2, -0.15) is 15.0 Å². The third-order valence-electron chi connectivity index (χ3n) is 4.56. The molecule has 1 unspecified atom stereocenters. The molecule has 0 radical (unpaired) electrons. The number of rotatable bonds is 6. The van der Waals surface area contributed by atoms with E-state index in [9.17, 15) is 0 Å². The van der Waals surface area contributed by atoms with Gasteiger partial charge in [0.15, 0.2) is 0 Å². The molecule has 10 heteroatoms. The number of ether oxygens (including phenoxy) is 2. The maximum atomic E-state index is 5.17. The molecule has 1 saturated heterocycles. The third kappa shape index (κ3) is 4.26. The van der Waals surface area contributed by atoms with E-state index in [1.165, 1.54) is 14.2 Å². The monoisotopic (exact) mass is 374 g/mol. The van der Waals surface area contributed by atoms with E-state index in [1.807, 2.05) is 25.1 Å². The molecule has 0 bridgehead atoms. The first-order chi connectivity index (χ1) is 13.0. The Kier molecular flexibility index (Phi) is 5.72. The Labute approximate surface area is 159 Å². The van der Waals surface area contributed by atoms with Gasteiger partial charge in [-0.15, -0.1) is 4.98 Å².